The van der Waals surface area contributed by atoms with Gasteiger partial charge in [0.25, 0.3) is 11.8 Å². The first-order valence-electron chi connectivity index (χ1n) is 11.8. The number of benzene rings is 2. The highest BCUT2D eigenvalue weighted by Gasteiger charge is 2.30. The third-order valence-electron chi connectivity index (χ3n) is 6.53. The van der Waals surface area contributed by atoms with E-state index in [1.165, 1.54) is 31.1 Å². The quantitative estimate of drug-likeness (QED) is 0.373. The lowest BCUT2D eigenvalue weighted by Crippen LogP contribution is -2.53. The second-order valence-corrected chi connectivity index (χ2v) is 9.40. The molecule has 8 nitrogen and oxygen atoms in total. The monoisotopic (exact) mass is 494 g/mol. The minimum Gasteiger partial charge on any atom is -0.364 e. The second-order valence-electron chi connectivity index (χ2n) is 9.40. The van der Waals surface area contributed by atoms with Gasteiger partial charge in [-0.15, -0.1) is 0 Å². The summed E-state index contributed by atoms with van der Waals surface area (Å²) in [6.45, 7) is 4.84. The van der Waals surface area contributed by atoms with Gasteiger partial charge in [-0.25, -0.2) is 4.39 Å². The van der Waals surface area contributed by atoms with Crippen molar-refractivity contribution >= 4 is 28.5 Å². The minimum absolute atomic E-state index is 0.0485. The molecule has 0 aliphatic carbocycles. The number of ether oxygens (including phenoxy) is 1. The van der Waals surface area contributed by atoms with Crippen LogP contribution in [0.2, 0.25) is 0 Å². The van der Waals surface area contributed by atoms with Gasteiger partial charge in [0.15, 0.2) is 0 Å². The van der Waals surface area contributed by atoms with E-state index in [0.717, 1.165) is 11.1 Å². The van der Waals surface area contributed by atoms with Crippen LogP contribution in [-0.4, -0.2) is 83.7 Å². The van der Waals surface area contributed by atoms with E-state index in [1.807, 2.05) is 16.4 Å². The Labute approximate surface area is 209 Å². The van der Waals surface area contributed by atoms with Gasteiger partial charge in [0.05, 0.1) is 11.1 Å². The lowest BCUT2D eigenvalue weighted by molar-refractivity contribution is -0.124. The molecular formula is C27H31FN4O4. The Balaban J connectivity index is 1.58. The Hall–Kier alpha value is -3.56. The van der Waals surface area contributed by atoms with Crippen molar-refractivity contribution in [3.63, 3.8) is 0 Å². The fourth-order valence-corrected chi connectivity index (χ4v) is 4.66. The number of aromatic nitrogens is 1. The molecule has 9 heteroatoms. The maximum absolute atomic E-state index is 13.7. The number of hydrogen-bond donors (Lipinski definition) is 0. The third kappa shape index (κ3) is 5.17. The van der Waals surface area contributed by atoms with Crippen LogP contribution >= 0.6 is 0 Å². The zero-order chi connectivity index (χ0) is 26.0. The van der Waals surface area contributed by atoms with Crippen molar-refractivity contribution in [1.82, 2.24) is 19.3 Å². The molecule has 0 spiro atoms. The minimum atomic E-state index is -0.623. The molecule has 4 rings (SSSR count). The molecule has 1 atom stereocenters. The molecule has 0 bridgehead atoms. The summed E-state index contributed by atoms with van der Waals surface area (Å²) in [4.78, 5) is 43.9. The predicted octanol–water partition coefficient (Wildman–Crippen LogP) is 3.00. The molecular weight excluding hydrogens is 463 g/mol. The van der Waals surface area contributed by atoms with Crippen molar-refractivity contribution in [2.24, 2.45) is 0 Å². The molecule has 0 radical (unpaired) electrons. The van der Waals surface area contributed by atoms with Crippen LogP contribution < -0.4 is 0 Å². The smallest absolute Gasteiger partial charge is 0.294 e. The van der Waals surface area contributed by atoms with Crippen molar-refractivity contribution < 1.29 is 23.5 Å². The van der Waals surface area contributed by atoms with E-state index < -0.39 is 11.7 Å². The van der Waals surface area contributed by atoms with E-state index >= 15 is 0 Å². The molecule has 1 aliphatic rings. The van der Waals surface area contributed by atoms with Crippen LogP contribution in [0.25, 0.3) is 10.9 Å². The molecule has 190 valence electrons. The third-order valence-corrected chi connectivity index (χ3v) is 6.53. The lowest BCUT2D eigenvalue weighted by atomic mass is 10.0. The Kier molecular flexibility index (Phi) is 7.51. The number of rotatable bonds is 7. The van der Waals surface area contributed by atoms with Crippen LogP contribution in [0.3, 0.4) is 0 Å². The standard InChI is InChI=1S/C27H31FN4O4/c1-18-14-30(15-19-5-8-21(28)9-6-19)11-12-32(18)26(34)23-16-31(17-36-4)24-10-7-20(13-22(23)24)25(33)27(35)29(2)3/h5-10,13,16,18H,11-12,14-15,17H2,1-4H3/t18-/m1/s1. The first-order valence-corrected chi connectivity index (χ1v) is 11.8. The van der Waals surface area contributed by atoms with Crippen molar-refractivity contribution in [1.29, 1.82) is 0 Å². The number of fused-ring (bicyclic) bond motifs is 1. The van der Waals surface area contributed by atoms with Crippen LogP contribution in [-0.2, 0) is 22.8 Å². The first kappa shape index (κ1) is 25.5. The fraction of sp³-hybridized carbons (Fsp3) is 0.370. The van der Waals surface area contributed by atoms with Crippen molar-refractivity contribution in [2.75, 3.05) is 40.8 Å². The van der Waals surface area contributed by atoms with Gasteiger partial charge in [-0.05, 0) is 42.8 Å². The molecule has 2 heterocycles. The van der Waals surface area contributed by atoms with Crippen LogP contribution in [0, 0.1) is 5.82 Å². The van der Waals surface area contributed by atoms with Gasteiger partial charge in [0, 0.05) is 70.6 Å². The summed E-state index contributed by atoms with van der Waals surface area (Å²) < 4.78 is 20.3. The predicted molar refractivity (Wildman–Crippen MR) is 134 cm³/mol. The Morgan fingerprint density at radius 3 is 2.44 bits per heavy atom. The number of halogens is 1. The van der Waals surface area contributed by atoms with Gasteiger partial charge in [0.2, 0.25) is 5.78 Å². The van der Waals surface area contributed by atoms with Crippen molar-refractivity contribution in [3.05, 3.63) is 71.2 Å². The summed E-state index contributed by atoms with van der Waals surface area (Å²) in [5.74, 6) is -1.63. The summed E-state index contributed by atoms with van der Waals surface area (Å²) in [6, 6.07) is 11.4. The van der Waals surface area contributed by atoms with Crippen LogP contribution in [0.4, 0.5) is 4.39 Å². The molecule has 1 saturated heterocycles. The van der Waals surface area contributed by atoms with Crippen LogP contribution in [0.1, 0.15) is 33.2 Å². The van der Waals surface area contributed by atoms with Gasteiger partial charge < -0.3 is 19.1 Å². The number of likely N-dealkylation sites (N-methyl/N-ethyl adjacent to an activating group) is 1. The molecule has 2 aromatic carbocycles. The zero-order valence-corrected chi connectivity index (χ0v) is 21.0. The fourth-order valence-electron chi connectivity index (χ4n) is 4.66. The summed E-state index contributed by atoms with van der Waals surface area (Å²) in [5.41, 5.74) is 2.47. The SMILES string of the molecule is COCn1cc(C(=O)N2CCN(Cc3ccc(F)cc3)C[C@H]2C)c2cc(C(=O)C(=O)N(C)C)ccc21. The summed E-state index contributed by atoms with van der Waals surface area (Å²) in [7, 11) is 4.63. The zero-order valence-electron chi connectivity index (χ0n) is 21.0. The number of carbonyl (C=O) groups excluding carboxylic acids is 3. The number of Topliss-reactive ketones (excluding diaryl/α,β-unsaturated/α-hetero) is 1. The lowest BCUT2D eigenvalue weighted by Gasteiger charge is -2.40. The Morgan fingerprint density at radius 1 is 1.08 bits per heavy atom. The van der Waals surface area contributed by atoms with Gasteiger partial charge >= 0.3 is 0 Å². The highest BCUT2D eigenvalue weighted by atomic mass is 19.1. The molecule has 36 heavy (non-hydrogen) atoms. The summed E-state index contributed by atoms with van der Waals surface area (Å²) in [5, 5.41) is 0.607. The van der Waals surface area contributed by atoms with Crippen LogP contribution in [0.15, 0.2) is 48.7 Å². The molecule has 0 unspecified atom stereocenters. The number of amides is 2. The molecule has 1 fully saturated rings. The summed E-state index contributed by atoms with van der Waals surface area (Å²) in [6.07, 6.45) is 1.75. The number of carbonyl (C=O) groups is 3. The topological polar surface area (TPSA) is 75.1 Å². The average Bonchev–Trinajstić information content (AvgIpc) is 3.22. The van der Waals surface area contributed by atoms with Crippen molar-refractivity contribution in [2.45, 2.75) is 26.2 Å². The van der Waals surface area contributed by atoms with E-state index in [9.17, 15) is 18.8 Å². The first-order chi connectivity index (χ1) is 17.2. The summed E-state index contributed by atoms with van der Waals surface area (Å²) >= 11 is 0. The number of methoxy groups -OCH3 is 1. The maximum atomic E-state index is 13.7. The van der Waals surface area contributed by atoms with E-state index in [-0.39, 0.29) is 30.1 Å². The normalized spacial score (nSPS) is 16.4. The van der Waals surface area contributed by atoms with E-state index in [2.05, 4.69) is 4.90 Å². The Bertz CT molecular complexity index is 1280. The Morgan fingerprint density at radius 2 is 1.81 bits per heavy atom. The van der Waals surface area contributed by atoms with Crippen molar-refractivity contribution in [3.8, 4) is 0 Å². The molecule has 1 aromatic heterocycles. The van der Waals surface area contributed by atoms with Gasteiger partial charge in [-0.2, -0.15) is 0 Å². The highest BCUT2D eigenvalue weighted by molar-refractivity contribution is 6.43. The average molecular weight is 495 g/mol. The van der Waals surface area contributed by atoms with Gasteiger partial charge in [-0.3, -0.25) is 19.3 Å². The number of ketones is 1. The molecule has 0 saturated carbocycles. The maximum Gasteiger partial charge on any atom is 0.294 e. The van der Waals surface area contributed by atoms with E-state index in [1.54, 1.807) is 43.6 Å². The molecule has 1 aliphatic heterocycles. The van der Waals surface area contributed by atoms with E-state index in [4.69, 9.17) is 4.74 Å². The highest BCUT2D eigenvalue weighted by Crippen LogP contribution is 2.27. The largest absolute Gasteiger partial charge is 0.364 e. The number of nitrogens with zero attached hydrogens (tertiary/aromatic N) is 4. The van der Waals surface area contributed by atoms with Gasteiger partial charge in [0.1, 0.15) is 12.5 Å². The van der Waals surface area contributed by atoms with E-state index in [0.29, 0.717) is 37.1 Å². The number of hydrogen-bond acceptors (Lipinski definition) is 5. The number of piperazine rings is 1. The van der Waals surface area contributed by atoms with Gasteiger partial charge in [-0.1, -0.05) is 12.1 Å². The molecule has 2 amide bonds. The molecule has 3 aromatic rings. The molecule has 0 N–H and O–H groups in total. The van der Waals surface area contributed by atoms with Crippen LogP contribution in [0.5, 0.6) is 0 Å². The second kappa shape index (κ2) is 10.6.